The van der Waals surface area contributed by atoms with E-state index in [0.29, 0.717) is 6.04 Å². The van der Waals surface area contributed by atoms with Gasteiger partial charge >= 0.3 is 0 Å². The van der Waals surface area contributed by atoms with Crippen molar-refractivity contribution in [3.63, 3.8) is 0 Å². The van der Waals surface area contributed by atoms with Crippen LogP contribution in [0.2, 0.25) is 0 Å². The van der Waals surface area contributed by atoms with Crippen molar-refractivity contribution in [1.82, 2.24) is 0 Å². The lowest BCUT2D eigenvalue weighted by molar-refractivity contribution is 0.711. The van der Waals surface area contributed by atoms with Gasteiger partial charge in [0, 0.05) is 6.04 Å². The summed E-state index contributed by atoms with van der Waals surface area (Å²) in [5, 5.41) is 0. The van der Waals surface area contributed by atoms with Crippen LogP contribution in [0, 0.1) is 6.42 Å². The zero-order valence-corrected chi connectivity index (χ0v) is 3.85. The third-order valence-electron chi connectivity index (χ3n) is 1.21. The highest BCUT2D eigenvalue weighted by Gasteiger charge is 2.07. The fourth-order valence-corrected chi connectivity index (χ4v) is 0.782. The molecular weight excluding hydrogens is 74.1 g/mol. The van der Waals surface area contributed by atoms with E-state index >= 15 is 0 Å². The second-order valence-electron chi connectivity index (χ2n) is 1.86. The first-order valence-corrected chi connectivity index (χ1v) is 2.47. The number of hydrogen-bond acceptors (Lipinski definition) is 1. The molecule has 6 heavy (non-hydrogen) atoms. The maximum Gasteiger partial charge on any atom is 0.00416 e. The van der Waals surface area contributed by atoms with Crippen LogP contribution in [0.4, 0.5) is 0 Å². The molecule has 0 aliphatic heterocycles. The lowest BCUT2D eigenvalue weighted by Crippen LogP contribution is -2.13. The molecule has 1 saturated carbocycles. The summed E-state index contributed by atoms with van der Waals surface area (Å²) in [6, 6.07) is 0.491. The van der Waals surface area contributed by atoms with Crippen LogP contribution in [0.15, 0.2) is 0 Å². The lowest BCUT2D eigenvalue weighted by atomic mass is 10.3. The van der Waals surface area contributed by atoms with Gasteiger partial charge in [0.2, 0.25) is 0 Å². The fourth-order valence-electron chi connectivity index (χ4n) is 0.782. The van der Waals surface area contributed by atoms with Gasteiger partial charge < -0.3 is 5.73 Å². The van der Waals surface area contributed by atoms with E-state index in [1.165, 1.54) is 12.8 Å². The second-order valence-corrected chi connectivity index (χ2v) is 1.86. The Morgan fingerprint density at radius 3 is 2.67 bits per heavy atom. The molecule has 0 amide bonds. The van der Waals surface area contributed by atoms with Crippen molar-refractivity contribution in [3.8, 4) is 0 Å². The highest BCUT2D eigenvalue weighted by Crippen LogP contribution is 2.13. The molecule has 0 heterocycles. The molecule has 1 fully saturated rings. The summed E-state index contributed by atoms with van der Waals surface area (Å²) in [6.07, 6.45) is 5.84. The summed E-state index contributed by atoms with van der Waals surface area (Å²) < 4.78 is 0. The second kappa shape index (κ2) is 1.61. The average Bonchev–Trinajstić information content (AvgIpc) is 1.86. The van der Waals surface area contributed by atoms with Gasteiger partial charge in [0.1, 0.15) is 0 Å². The molecule has 1 aliphatic carbocycles. The normalized spacial score (nSPS) is 25.5. The van der Waals surface area contributed by atoms with E-state index in [2.05, 4.69) is 6.42 Å². The molecule has 0 aromatic carbocycles. The molecule has 1 nitrogen and oxygen atoms in total. The van der Waals surface area contributed by atoms with Crippen molar-refractivity contribution in [2.24, 2.45) is 5.73 Å². The van der Waals surface area contributed by atoms with Crippen molar-refractivity contribution < 1.29 is 0 Å². The molecule has 35 valence electrons. The molecule has 1 radical (unpaired) electrons. The fraction of sp³-hybridized carbons (Fsp3) is 0.800. The zero-order chi connectivity index (χ0) is 4.41. The average molecular weight is 84.1 g/mol. The lowest BCUT2D eigenvalue weighted by Gasteiger charge is -1.92. The Balaban J connectivity index is 2.18. The van der Waals surface area contributed by atoms with Crippen LogP contribution in [0.1, 0.15) is 19.3 Å². The third kappa shape index (κ3) is 0.716. The third-order valence-corrected chi connectivity index (χ3v) is 1.21. The monoisotopic (exact) mass is 84.1 g/mol. The van der Waals surface area contributed by atoms with Crippen LogP contribution >= 0.6 is 0 Å². The molecule has 1 aliphatic rings. The van der Waals surface area contributed by atoms with Crippen LogP contribution in [0.25, 0.3) is 0 Å². The Hall–Kier alpha value is -0.0400. The first kappa shape index (κ1) is 4.13. The van der Waals surface area contributed by atoms with Gasteiger partial charge in [-0.3, -0.25) is 0 Å². The number of nitrogens with two attached hydrogens (primary N) is 1. The van der Waals surface area contributed by atoms with E-state index in [4.69, 9.17) is 5.73 Å². The molecule has 0 aromatic heterocycles. The Kier molecular flexibility index (Phi) is 1.10. The van der Waals surface area contributed by atoms with Gasteiger partial charge in [0.25, 0.3) is 0 Å². The van der Waals surface area contributed by atoms with Crippen molar-refractivity contribution in [1.29, 1.82) is 0 Å². The van der Waals surface area contributed by atoms with Gasteiger partial charge in [-0.15, -0.1) is 0 Å². The molecular formula is C5H10N. The smallest absolute Gasteiger partial charge is 0.00416 e. The maximum atomic E-state index is 5.50. The van der Waals surface area contributed by atoms with Crippen molar-refractivity contribution in [2.75, 3.05) is 0 Å². The van der Waals surface area contributed by atoms with Gasteiger partial charge in [-0.2, -0.15) is 0 Å². The number of hydrogen-bond donors (Lipinski definition) is 1. The van der Waals surface area contributed by atoms with E-state index in [1.54, 1.807) is 0 Å². The quantitative estimate of drug-likeness (QED) is 0.459. The zero-order valence-electron chi connectivity index (χ0n) is 3.85. The molecule has 2 N–H and O–H groups in total. The summed E-state index contributed by atoms with van der Waals surface area (Å²) in [6.45, 7) is 0. The van der Waals surface area contributed by atoms with Crippen molar-refractivity contribution in [3.05, 3.63) is 6.42 Å². The molecule has 1 atom stereocenters. The molecule has 1 heteroatoms. The summed E-state index contributed by atoms with van der Waals surface area (Å²) in [5.74, 6) is 0. The minimum Gasteiger partial charge on any atom is -0.328 e. The SMILES string of the molecule is N[C@@H]1C[CH]CC1. The molecule has 0 saturated heterocycles. The Labute approximate surface area is 38.5 Å². The highest BCUT2D eigenvalue weighted by molar-refractivity contribution is 4.82. The van der Waals surface area contributed by atoms with Crippen molar-refractivity contribution in [2.45, 2.75) is 25.3 Å². The summed E-state index contributed by atoms with van der Waals surface area (Å²) >= 11 is 0. The van der Waals surface area contributed by atoms with Crippen molar-refractivity contribution >= 4 is 0 Å². The summed E-state index contributed by atoms with van der Waals surface area (Å²) in [7, 11) is 0. The first-order valence-electron chi connectivity index (χ1n) is 2.47. The Morgan fingerprint density at radius 2 is 2.50 bits per heavy atom. The Bertz CT molecular complexity index is 37.2. The predicted octanol–water partition coefficient (Wildman–Crippen LogP) is 0.702. The molecule has 1 rings (SSSR count). The van der Waals surface area contributed by atoms with E-state index < -0.39 is 0 Å². The summed E-state index contributed by atoms with van der Waals surface area (Å²) in [5.41, 5.74) is 5.50. The number of rotatable bonds is 0. The summed E-state index contributed by atoms with van der Waals surface area (Å²) in [4.78, 5) is 0. The standard InChI is InChI=1S/C5H10N/c6-5-3-1-2-4-5/h1,5H,2-4,6H2/t5-/m1/s1. The van der Waals surface area contributed by atoms with Gasteiger partial charge in [-0.25, -0.2) is 0 Å². The Morgan fingerprint density at radius 1 is 1.67 bits per heavy atom. The van der Waals surface area contributed by atoms with Crippen LogP contribution < -0.4 is 5.73 Å². The van der Waals surface area contributed by atoms with Crippen LogP contribution in [-0.4, -0.2) is 6.04 Å². The first-order chi connectivity index (χ1) is 2.89. The molecule has 0 spiro atoms. The van der Waals surface area contributed by atoms with Crippen LogP contribution in [-0.2, 0) is 0 Å². The van der Waals surface area contributed by atoms with Gasteiger partial charge in [0.05, 0.1) is 0 Å². The topological polar surface area (TPSA) is 26.0 Å². The van der Waals surface area contributed by atoms with Gasteiger partial charge in [-0.05, 0) is 25.7 Å². The van der Waals surface area contributed by atoms with Gasteiger partial charge in [0.15, 0.2) is 0 Å². The maximum absolute atomic E-state index is 5.50. The molecule has 0 unspecified atom stereocenters. The van der Waals surface area contributed by atoms with E-state index in [1.807, 2.05) is 0 Å². The highest BCUT2D eigenvalue weighted by atomic mass is 14.6. The predicted molar refractivity (Wildman–Crippen MR) is 26.1 cm³/mol. The minimum atomic E-state index is 0.491. The largest absolute Gasteiger partial charge is 0.328 e. The van der Waals surface area contributed by atoms with Gasteiger partial charge in [-0.1, -0.05) is 0 Å². The van der Waals surface area contributed by atoms with Crippen LogP contribution in [0.3, 0.4) is 0 Å². The minimum absolute atomic E-state index is 0.491. The molecule has 0 aromatic rings. The van der Waals surface area contributed by atoms with Crippen LogP contribution in [0.5, 0.6) is 0 Å². The van der Waals surface area contributed by atoms with E-state index in [-0.39, 0.29) is 0 Å². The van der Waals surface area contributed by atoms with E-state index in [0.717, 1.165) is 6.42 Å². The van der Waals surface area contributed by atoms with E-state index in [9.17, 15) is 0 Å². The molecule has 0 bridgehead atoms.